The van der Waals surface area contributed by atoms with Crippen molar-refractivity contribution in [2.24, 2.45) is 0 Å². The molecule has 3 aromatic rings. The van der Waals surface area contributed by atoms with E-state index in [9.17, 15) is 0 Å². The zero-order valence-electron chi connectivity index (χ0n) is 9.75. The zero-order valence-corrected chi connectivity index (χ0v) is 11.3. The molecule has 0 unspecified atom stereocenters. The van der Waals surface area contributed by atoms with Gasteiger partial charge in [0.05, 0.1) is 0 Å². The summed E-state index contributed by atoms with van der Waals surface area (Å²) in [5, 5.41) is 11.2. The van der Waals surface area contributed by atoms with Gasteiger partial charge in [-0.25, -0.2) is 0 Å². The first-order valence-corrected chi connectivity index (χ1v) is 6.43. The Kier molecular flexibility index (Phi) is 4.37. The minimum Gasteiger partial charge on any atom is -0.508 e. The fraction of sp³-hybridized carbons (Fsp3) is 0. The minimum atomic E-state index is 0.322. The SMILES string of the molecule is Brc1ccc2ccccc2c1.Oc1ccccc1. The molecular formula is C16H13BrO. The number of para-hydroxylation sites is 1. The molecule has 0 fully saturated rings. The molecule has 0 aliphatic carbocycles. The van der Waals surface area contributed by atoms with Gasteiger partial charge in [0.2, 0.25) is 0 Å². The molecule has 0 aliphatic rings. The lowest BCUT2D eigenvalue weighted by molar-refractivity contribution is 0.475. The number of rotatable bonds is 0. The van der Waals surface area contributed by atoms with E-state index in [0.717, 1.165) is 4.47 Å². The van der Waals surface area contributed by atoms with E-state index in [1.807, 2.05) is 6.07 Å². The van der Waals surface area contributed by atoms with E-state index in [0.29, 0.717) is 5.75 Å². The highest BCUT2D eigenvalue weighted by Crippen LogP contribution is 2.18. The van der Waals surface area contributed by atoms with Crippen molar-refractivity contribution in [1.29, 1.82) is 0 Å². The van der Waals surface area contributed by atoms with Crippen molar-refractivity contribution in [3.05, 3.63) is 77.3 Å². The van der Waals surface area contributed by atoms with Crippen molar-refractivity contribution in [2.45, 2.75) is 0 Å². The Bertz CT molecular complexity index is 620. The number of hydrogen-bond acceptors (Lipinski definition) is 1. The van der Waals surface area contributed by atoms with Crippen LogP contribution in [0, 0.1) is 0 Å². The number of fused-ring (bicyclic) bond motifs is 1. The van der Waals surface area contributed by atoms with Gasteiger partial charge in [-0.3, -0.25) is 0 Å². The van der Waals surface area contributed by atoms with Gasteiger partial charge in [0.15, 0.2) is 0 Å². The van der Waals surface area contributed by atoms with E-state index in [1.165, 1.54) is 10.8 Å². The highest BCUT2D eigenvalue weighted by Gasteiger charge is 1.90. The molecule has 2 heteroatoms. The van der Waals surface area contributed by atoms with Crippen LogP contribution in [-0.4, -0.2) is 5.11 Å². The van der Waals surface area contributed by atoms with Gasteiger partial charge < -0.3 is 5.11 Å². The predicted octanol–water partition coefficient (Wildman–Crippen LogP) is 4.99. The third kappa shape index (κ3) is 3.60. The van der Waals surface area contributed by atoms with Gasteiger partial charge in [-0.1, -0.05) is 64.5 Å². The lowest BCUT2D eigenvalue weighted by Crippen LogP contribution is -1.69. The summed E-state index contributed by atoms with van der Waals surface area (Å²) in [6, 6.07) is 23.3. The molecule has 1 N–H and O–H groups in total. The van der Waals surface area contributed by atoms with Crippen LogP contribution in [0.4, 0.5) is 0 Å². The molecule has 0 atom stereocenters. The molecule has 3 aromatic carbocycles. The Morgan fingerprint density at radius 3 is 1.89 bits per heavy atom. The third-order valence-electron chi connectivity index (χ3n) is 2.47. The van der Waals surface area contributed by atoms with Crippen molar-refractivity contribution in [3.63, 3.8) is 0 Å². The molecule has 0 heterocycles. The number of phenolic OH excluding ortho intramolecular Hbond substituents is 1. The highest BCUT2D eigenvalue weighted by molar-refractivity contribution is 9.10. The van der Waals surface area contributed by atoms with Crippen molar-refractivity contribution < 1.29 is 5.11 Å². The Hall–Kier alpha value is -1.80. The Morgan fingerprint density at radius 2 is 1.28 bits per heavy atom. The monoisotopic (exact) mass is 300 g/mol. The number of benzene rings is 3. The average Bonchev–Trinajstić information content (AvgIpc) is 2.40. The van der Waals surface area contributed by atoms with Crippen LogP contribution in [0.2, 0.25) is 0 Å². The highest BCUT2D eigenvalue weighted by atomic mass is 79.9. The summed E-state index contributed by atoms with van der Waals surface area (Å²) in [7, 11) is 0. The van der Waals surface area contributed by atoms with Crippen molar-refractivity contribution >= 4 is 26.7 Å². The minimum absolute atomic E-state index is 0.322. The maximum atomic E-state index is 8.63. The van der Waals surface area contributed by atoms with Crippen LogP contribution in [0.3, 0.4) is 0 Å². The van der Waals surface area contributed by atoms with Crippen LogP contribution < -0.4 is 0 Å². The lowest BCUT2D eigenvalue weighted by Gasteiger charge is -1.95. The molecule has 0 bridgehead atoms. The molecule has 0 aliphatic heterocycles. The van der Waals surface area contributed by atoms with Gasteiger partial charge in [-0.05, 0) is 35.0 Å². The smallest absolute Gasteiger partial charge is 0.115 e. The van der Waals surface area contributed by atoms with E-state index in [-0.39, 0.29) is 0 Å². The number of halogens is 1. The molecule has 90 valence electrons. The van der Waals surface area contributed by atoms with Crippen LogP contribution in [0.5, 0.6) is 5.75 Å². The number of phenols is 1. The van der Waals surface area contributed by atoms with Crippen LogP contribution >= 0.6 is 15.9 Å². The molecule has 0 amide bonds. The Labute approximate surface area is 115 Å². The topological polar surface area (TPSA) is 20.2 Å². The Balaban J connectivity index is 0.000000149. The van der Waals surface area contributed by atoms with Crippen molar-refractivity contribution in [2.75, 3.05) is 0 Å². The van der Waals surface area contributed by atoms with Crippen LogP contribution in [0.1, 0.15) is 0 Å². The maximum absolute atomic E-state index is 8.63. The summed E-state index contributed by atoms with van der Waals surface area (Å²) in [5.74, 6) is 0.322. The Morgan fingerprint density at radius 1 is 0.667 bits per heavy atom. The normalized spacial score (nSPS) is 9.61. The van der Waals surface area contributed by atoms with Gasteiger partial charge in [-0.15, -0.1) is 0 Å². The summed E-state index contributed by atoms with van der Waals surface area (Å²) in [6.07, 6.45) is 0. The molecule has 0 radical (unpaired) electrons. The molecule has 0 saturated carbocycles. The average molecular weight is 301 g/mol. The van der Waals surface area contributed by atoms with Crippen LogP contribution in [0.25, 0.3) is 10.8 Å². The van der Waals surface area contributed by atoms with Gasteiger partial charge in [-0.2, -0.15) is 0 Å². The largest absolute Gasteiger partial charge is 0.508 e. The number of aromatic hydroxyl groups is 1. The van der Waals surface area contributed by atoms with Gasteiger partial charge in [0, 0.05) is 4.47 Å². The van der Waals surface area contributed by atoms with E-state index < -0.39 is 0 Å². The van der Waals surface area contributed by atoms with E-state index >= 15 is 0 Å². The molecular weight excluding hydrogens is 288 g/mol. The molecule has 18 heavy (non-hydrogen) atoms. The lowest BCUT2D eigenvalue weighted by atomic mass is 10.1. The molecule has 0 spiro atoms. The number of hydrogen-bond donors (Lipinski definition) is 1. The summed E-state index contributed by atoms with van der Waals surface area (Å²) < 4.78 is 1.14. The first kappa shape index (κ1) is 12.7. The second-order valence-electron chi connectivity index (χ2n) is 3.83. The standard InChI is InChI=1S/C10H7Br.C6H6O/c11-10-6-5-8-3-1-2-4-9(8)7-10;7-6-4-2-1-3-5-6/h1-7H;1-5,7H. The van der Waals surface area contributed by atoms with Crippen molar-refractivity contribution in [3.8, 4) is 5.75 Å². The van der Waals surface area contributed by atoms with E-state index in [2.05, 4.69) is 58.4 Å². The molecule has 0 saturated heterocycles. The molecule has 3 rings (SSSR count). The first-order chi connectivity index (χ1) is 8.75. The molecule has 0 aromatic heterocycles. The summed E-state index contributed by atoms with van der Waals surface area (Å²) in [4.78, 5) is 0. The fourth-order valence-electron chi connectivity index (χ4n) is 1.59. The van der Waals surface area contributed by atoms with E-state index in [4.69, 9.17) is 5.11 Å². The first-order valence-electron chi connectivity index (χ1n) is 5.64. The third-order valence-corrected chi connectivity index (χ3v) is 2.96. The van der Waals surface area contributed by atoms with Crippen LogP contribution in [0.15, 0.2) is 77.3 Å². The van der Waals surface area contributed by atoms with Gasteiger partial charge in [0.25, 0.3) is 0 Å². The second kappa shape index (κ2) is 6.22. The predicted molar refractivity (Wildman–Crippen MR) is 79.8 cm³/mol. The van der Waals surface area contributed by atoms with E-state index in [1.54, 1.807) is 24.3 Å². The second-order valence-corrected chi connectivity index (χ2v) is 4.74. The van der Waals surface area contributed by atoms with Gasteiger partial charge in [0.1, 0.15) is 5.75 Å². The summed E-state index contributed by atoms with van der Waals surface area (Å²) in [6.45, 7) is 0. The molecule has 1 nitrogen and oxygen atoms in total. The zero-order chi connectivity index (χ0) is 12.8. The fourth-order valence-corrected chi connectivity index (χ4v) is 1.97. The maximum Gasteiger partial charge on any atom is 0.115 e. The quantitative estimate of drug-likeness (QED) is 0.620. The summed E-state index contributed by atoms with van der Waals surface area (Å²) >= 11 is 3.43. The van der Waals surface area contributed by atoms with Crippen LogP contribution in [-0.2, 0) is 0 Å². The van der Waals surface area contributed by atoms with Gasteiger partial charge >= 0.3 is 0 Å². The summed E-state index contributed by atoms with van der Waals surface area (Å²) in [5.41, 5.74) is 0. The van der Waals surface area contributed by atoms with Crippen molar-refractivity contribution in [1.82, 2.24) is 0 Å².